The zero-order valence-corrected chi connectivity index (χ0v) is 20.7. The van der Waals surface area contributed by atoms with Crippen molar-refractivity contribution in [1.82, 2.24) is 16.2 Å². The Morgan fingerprint density at radius 3 is 1.95 bits per heavy atom. The number of hydrogen-bond acceptors (Lipinski definition) is 5. The molecular weight excluding hydrogens is 486 g/mol. The molecule has 7 nitrogen and oxygen atoms in total. The van der Waals surface area contributed by atoms with Crippen molar-refractivity contribution in [1.29, 1.82) is 0 Å². The van der Waals surface area contributed by atoms with E-state index < -0.39 is 11.8 Å². The molecule has 4 aromatic carbocycles. The molecule has 0 fully saturated rings. The lowest BCUT2D eigenvalue weighted by molar-refractivity contribution is 0.0933. The fourth-order valence-electron chi connectivity index (χ4n) is 3.44. The first-order valence-corrected chi connectivity index (χ1v) is 12.0. The summed E-state index contributed by atoms with van der Waals surface area (Å²) in [4.78, 5) is 25.2. The highest BCUT2D eigenvalue weighted by molar-refractivity contribution is 7.80. The van der Waals surface area contributed by atoms with E-state index in [1.807, 2.05) is 72.8 Å². The zero-order valence-electron chi connectivity index (χ0n) is 19.8. The monoisotopic (exact) mass is 511 g/mol. The van der Waals surface area contributed by atoms with Gasteiger partial charge in [-0.05, 0) is 59.7 Å². The Labute approximate surface area is 220 Å². The molecule has 0 heterocycles. The number of thiocarbonyl (C=S) groups is 1. The van der Waals surface area contributed by atoms with Crippen LogP contribution in [0.15, 0.2) is 109 Å². The van der Waals surface area contributed by atoms with Crippen molar-refractivity contribution in [2.24, 2.45) is 0 Å². The minimum absolute atomic E-state index is 0.0542. The van der Waals surface area contributed by atoms with Gasteiger partial charge in [0.2, 0.25) is 0 Å². The molecule has 3 N–H and O–H groups in total. The highest BCUT2D eigenvalue weighted by Crippen LogP contribution is 2.20. The molecule has 186 valence electrons. The van der Waals surface area contributed by atoms with Crippen molar-refractivity contribution in [2.45, 2.75) is 0 Å². The van der Waals surface area contributed by atoms with Gasteiger partial charge in [-0.1, -0.05) is 72.8 Å². The van der Waals surface area contributed by atoms with Crippen molar-refractivity contribution in [3.8, 4) is 22.6 Å². The summed E-state index contributed by atoms with van der Waals surface area (Å²) in [7, 11) is 0. The van der Waals surface area contributed by atoms with Gasteiger partial charge >= 0.3 is 0 Å². The van der Waals surface area contributed by atoms with Crippen molar-refractivity contribution >= 4 is 29.1 Å². The van der Waals surface area contributed by atoms with Crippen LogP contribution in [0.1, 0.15) is 20.7 Å². The predicted molar refractivity (Wildman–Crippen MR) is 146 cm³/mol. The molecule has 0 bridgehead atoms. The molecule has 0 radical (unpaired) electrons. The van der Waals surface area contributed by atoms with E-state index in [0.717, 1.165) is 16.9 Å². The normalized spacial score (nSPS) is 10.2. The Morgan fingerprint density at radius 2 is 1.22 bits per heavy atom. The summed E-state index contributed by atoms with van der Waals surface area (Å²) in [5.74, 6) is 0.265. The Hall–Kier alpha value is -4.69. The van der Waals surface area contributed by atoms with Gasteiger partial charge in [-0.15, -0.1) is 0 Å². The largest absolute Gasteiger partial charge is 0.490 e. The van der Waals surface area contributed by atoms with Gasteiger partial charge in [0.05, 0.1) is 5.56 Å². The van der Waals surface area contributed by atoms with Gasteiger partial charge in [0.25, 0.3) is 11.8 Å². The van der Waals surface area contributed by atoms with E-state index in [9.17, 15) is 9.59 Å². The van der Waals surface area contributed by atoms with Gasteiger partial charge in [0.15, 0.2) is 5.11 Å². The van der Waals surface area contributed by atoms with Crippen LogP contribution in [-0.4, -0.2) is 30.1 Å². The second-order valence-corrected chi connectivity index (χ2v) is 8.22. The van der Waals surface area contributed by atoms with E-state index in [-0.39, 0.29) is 11.7 Å². The first-order chi connectivity index (χ1) is 18.1. The molecule has 2 amide bonds. The fraction of sp³-hybridized carbons (Fsp3) is 0.0690. The van der Waals surface area contributed by atoms with Crippen LogP contribution < -0.4 is 25.6 Å². The van der Waals surface area contributed by atoms with Crippen LogP contribution in [0.5, 0.6) is 11.5 Å². The van der Waals surface area contributed by atoms with Gasteiger partial charge < -0.3 is 9.47 Å². The summed E-state index contributed by atoms with van der Waals surface area (Å²) < 4.78 is 11.4. The number of benzene rings is 4. The van der Waals surface area contributed by atoms with E-state index in [1.165, 1.54) is 0 Å². The lowest BCUT2D eigenvalue weighted by Crippen LogP contribution is -2.48. The molecule has 0 aliphatic carbocycles. The second kappa shape index (κ2) is 12.9. The number of hydrazine groups is 1. The molecule has 0 saturated heterocycles. The van der Waals surface area contributed by atoms with Crippen LogP contribution in [0, 0.1) is 0 Å². The number of nitrogens with one attached hydrogen (secondary N) is 3. The quantitative estimate of drug-likeness (QED) is 0.180. The van der Waals surface area contributed by atoms with E-state index >= 15 is 0 Å². The van der Waals surface area contributed by atoms with Crippen molar-refractivity contribution < 1.29 is 19.1 Å². The topological polar surface area (TPSA) is 88.7 Å². The molecule has 4 rings (SSSR count). The van der Waals surface area contributed by atoms with Crippen molar-refractivity contribution in [3.63, 3.8) is 0 Å². The number of ether oxygens (including phenoxy) is 2. The zero-order chi connectivity index (χ0) is 25.9. The van der Waals surface area contributed by atoms with Crippen LogP contribution in [-0.2, 0) is 0 Å². The van der Waals surface area contributed by atoms with Crippen molar-refractivity contribution in [3.05, 3.63) is 120 Å². The average molecular weight is 512 g/mol. The molecule has 0 spiro atoms. The minimum Gasteiger partial charge on any atom is -0.490 e. The van der Waals surface area contributed by atoms with E-state index in [1.54, 1.807) is 36.4 Å². The van der Waals surface area contributed by atoms with Crippen LogP contribution in [0.4, 0.5) is 0 Å². The molecule has 0 aliphatic heterocycles. The summed E-state index contributed by atoms with van der Waals surface area (Å²) in [6.45, 7) is 0.569. The third-order valence-electron chi connectivity index (χ3n) is 5.26. The SMILES string of the molecule is O=C(NNC(=S)NC(=O)c1ccccc1OCCOc1ccccc1)c1ccc(-c2ccccc2)cc1. The fourth-order valence-corrected chi connectivity index (χ4v) is 3.58. The number of para-hydroxylation sites is 2. The first kappa shape index (κ1) is 25.4. The number of hydrogen-bond donors (Lipinski definition) is 3. The summed E-state index contributed by atoms with van der Waals surface area (Å²) in [5.41, 5.74) is 7.85. The van der Waals surface area contributed by atoms with E-state index in [2.05, 4.69) is 16.2 Å². The molecule has 4 aromatic rings. The Kier molecular flexibility index (Phi) is 8.82. The molecule has 0 aromatic heterocycles. The van der Waals surface area contributed by atoms with Crippen LogP contribution in [0.3, 0.4) is 0 Å². The molecule has 8 heteroatoms. The maximum absolute atomic E-state index is 12.8. The second-order valence-electron chi connectivity index (χ2n) is 7.81. The lowest BCUT2D eigenvalue weighted by Gasteiger charge is -2.14. The van der Waals surface area contributed by atoms with Crippen molar-refractivity contribution in [2.75, 3.05) is 13.2 Å². The minimum atomic E-state index is -0.474. The molecule has 0 unspecified atom stereocenters. The van der Waals surface area contributed by atoms with Gasteiger partial charge in [0.1, 0.15) is 24.7 Å². The third kappa shape index (κ3) is 7.39. The average Bonchev–Trinajstić information content (AvgIpc) is 2.95. The highest BCUT2D eigenvalue weighted by Gasteiger charge is 2.14. The lowest BCUT2D eigenvalue weighted by atomic mass is 10.0. The van der Waals surface area contributed by atoms with Gasteiger partial charge in [-0.25, -0.2) is 0 Å². The Morgan fingerprint density at radius 1 is 0.622 bits per heavy atom. The summed E-state index contributed by atoms with van der Waals surface area (Å²) in [6.07, 6.45) is 0. The Balaban J connectivity index is 1.25. The molecule has 0 atom stereocenters. The number of carbonyl (C=O) groups is 2. The smallest absolute Gasteiger partial charge is 0.269 e. The van der Waals surface area contributed by atoms with Gasteiger partial charge in [-0.2, -0.15) is 0 Å². The van der Waals surface area contributed by atoms with Gasteiger partial charge in [0, 0.05) is 5.56 Å². The maximum atomic E-state index is 12.8. The number of amides is 2. The highest BCUT2D eigenvalue weighted by atomic mass is 32.1. The summed E-state index contributed by atoms with van der Waals surface area (Å²) in [5, 5.41) is 2.49. The molecular formula is C29H25N3O4S. The summed E-state index contributed by atoms with van der Waals surface area (Å²) in [6, 6.07) is 33.2. The molecule has 0 saturated carbocycles. The molecule has 0 aliphatic rings. The number of carbonyl (C=O) groups excluding carboxylic acids is 2. The van der Waals surface area contributed by atoms with E-state index in [4.69, 9.17) is 21.7 Å². The van der Waals surface area contributed by atoms with E-state index in [0.29, 0.717) is 23.5 Å². The Bertz CT molecular complexity index is 1350. The number of rotatable bonds is 8. The maximum Gasteiger partial charge on any atom is 0.269 e. The third-order valence-corrected chi connectivity index (χ3v) is 5.46. The first-order valence-electron chi connectivity index (χ1n) is 11.6. The summed E-state index contributed by atoms with van der Waals surface area (Å²) >= 11 is 5.17. The standard InChI is InChI=1S/C29H25N3O4S/c33-27(23-17-15-22(16-18-23)21-9-3-1-4-10-21)31-32-29(37)30-28(34)25-13-7-8-14-26(25)36-20-19-35-24-11-5-2-6-12-24/h1-18H,19-20H2,(H,31,33)(H2,30,32,34,37). The van der Waals surface area contributed by atoms with Crippen LogP contribution in [0.2, 0.25) is 0 Å². The van der Waals surface area contributed by atoms with Crippen LogP contribution in [0.25, 0.3) is 11.1 Å². The van der Waals surface area contributed by atoms with Gasteiger partial charge in [-0.3, -0.25) is 25.8 Å². The predicted octanol–water partition coefficient (Wildman–Crippen LogP) is 4.76. The molecule has 37 heavy (non-hydrogen) atoms. The van der Waals surface area contributed by atoms with Crippen LogP contribution >= 0.6 is 12.2 Å².